The standard InChI is InChI=1S/C14H27NOS/c1-14(2)11-15(8-9-17-14)10-12-6-4-3-5-7-13(12)16/h12-13,16H,3-11H2,1-2H3. The highest BCUT2D eigenvalue weighted by Gasteiger charge is 2.30. The van der Waals surface area contributed by atoms with E-state index in [1.807, 2.05) is 0 Å². The first-order chi connectivity index (χ1) is 8.07. The maximum atomic E-state index is 10.2. The summed E-state index contributed by atoms with van der Waals surface area (Å²) in [6.07, 6.45) is 6.05. The smallest absolute Gasteiger partial charge is 0.0580 e. The van der Waals surface area contributed by atoms with Crippen LogP contribution in [0.5, 0.6) is 0 Å². The minimum atomic E-state index is -0.0461. The zero-order valence-corrected chi connectivity index (χ0v) is 12.1. The molecule has 0 spiro atoms. The first-order valence-electron chi connectivity index (χ1n) is 7.11. The van der Waals surface area contributed by atoms with Crippen molar-refractivity contribution in [1.82, 2.24) is 4.90 Å². The fraction of sp³-hybridized carbons (Fsp3) is 1.00. The number of hydrogen-bond donors (Lipinski definition) is 1. The van der Waals surface area contributed by atoms with Crippen LogP contribution in [0.3, 0.4) is 0 Å². The lowest BCUT2D eigenvalue weighted by atomic mass is 9.96. The Labute approximate surface area is 110 Å². The van der Waals surface area contributed by atoms with Crippen LogP contribution >= 0.6 is 11.8 Å². The van der Waals surface area contributed by atoms with Crippen LogP contribution in [0.15, 0.2) is 0 Å². The van der Waals surface area contributed by atoms with E-state index in [-0.39, 0.29) is 6.10 Å². The molecule has 1 aliphatic heterocycles. The van der Waals surface area contributed by atoms with E-state index in [9.17, 15) is 5.11 Å². The van der Waals surface area contributed by atoms with Crippen molar-refractivity contribution in [3.05, 3.63) is 0 Å². The predicted octanol–water partition coefficient (Wildman–Crippen LogP) is 2.76. The zero-order valence-electron chi connectivity index (χ0n) is 11.3. The Morgan fingerprint density at radius 1 is 1.24 bits per heavy atom. The third-order valence-electron chi connectivity index (χ3n) is 4.12. The molecule has 0 aromatic heterocycles. The number of aliphatic hydroxyl groups excluding tert-OH is 1. The summed E-state index contributed by atoms with van der Waals surface area (Å²) in [7, 11) is 0. The largest absolute Gasteiger partial charge is 0.393 e. The molecule has 0 aromatic rings. The van der Waals surface area contributed by atoms with Gasteiger partial charge in [-0.05, 0) is 32.6 Å². The summed E-state index contributed by atoms with van der Waals surface area (Å²) < 4.78 is 0.397. The summed E-state index contributed by atoms with van der Waals surface area (Å²) in [6, 6.07) is 0. The van der Waals surface area contributed by atoms with E-state index >= 15 is 0 Å². The monoisotopic (exact) mass is 257 g/mol. The van der Waals surface area contributed by atoms with Crippen LogP contribution in [0.2, 0.25) is 0 Å². The van der Waals surface area contributed by atoms with Gasteiger partial charge < -0.3 is 10.0 Å². The van der Waals surface area contributed by atoms with Gasteiger partial charge in [0.2, 0.25) is 0 Å². The Morgan fingerprint density at radius 2 is 2.00 bits per heavy atom. The third-order valence-corrected chi connectivity index (χ3v) is 5.41. The number of thioether (sulfide) groups is 1. The van der Waals surface area contributed by atoms with E-state index in [0.29, 0.717) is 10.7 Å². The second-order valence-electron chi connectivity index (χ2n) is 6.31. The molecule has 2 rings (SSSR count). The van der Waals surface area contributed by atoms with Gasteiger partial charge in [-0.2, -0.15) is 11.8 Å². The highest BCUT2D eigenvalue weighted by molar-refractivity contribution is 8.00. The van der Waals surface area contributed by atoms with Gasteiger partial charge in [0.1, 0.15) is 0 Å². The van der Waals surface area contributed by atoms with Gasteiger partial charge in [-0.15, -0.1) is 0 Å². The van der Waals surface area contributed by atoms with E-state index in [1.54, 1.807) is 0 Å². The molecule has 100 valence electrons. The summed E-state index contributed by atoms with van der Waals surface area (Å²) in [5, 5.41) is 10.2. The van der Waals surface area contributed by atoms with E-state index in [4.69, 9.17) is 0 Å². The average Bonchev–Trinajstić information content (AvgIpc) is 2.43. The Morgan fingerprint density at radius 3 is 2.76 bits per heavy atom. The molecular formula is C14H27NOS. The number of hydrogen-bond acceptors (Lipinski definition) is 3. The van der Waals surface area contributed by atoms with Gasteiger partial charge >= 0.3 is 0 Å². The van der Waals surface area contributed by atoms with Crippen molar-refractivity contribution in [3.8, 4) is 0 Å². The van der Waals surface area contributed by atoms with Crippen LogP contribution in [0, 0.1) is 5.92 Å². The Balaban J connectivity index is 1.86. The SMILES string of the molecule is CC1(C)CN(CC2CCCCCC2O)CCS1. The summed E-state index contributed by atoms with van der Waals surface area (Å²) in [6.45, 7) is 8.18. The Kier molecular flexibility index (Phi) is 4.79. The molecule has 1 aliphatic carbocycles. The second-order valence-corrected chi connectivity index (χ2v) is 8.11. The van der Waals surface area contributed by atoms with Crippen LogP contribution in [-0.2, 0) is 0 Å². The minimum Gasteiger partial charge on any atom is -0.393 e. The first kappa shape index (κ1) is 13.7. The van der Waals surface area contributed by atoms with Crippen molar-refractivity contribution >= 4 is 11.8 Å². The van der Waals surface area contributed by atoms with Crippen molar-refractivity contribution in [2.24, 2.45) is 5.92 Å². The second kappa shape index (κ2) is 5.94. The van der Waals surface area contributed by atoms with E-state index in [2.05, 4.69) is 30.5 Å². The number of nitrogens with zero attached hydrogens (tertiary/aromatic N) is 1. The normalized spacial score (nSPS) is 35.5. The zero-order chi connectivity index (χ0) is 12.3. The van der Waals surface area contributed by atoms with Crippen LogP contribution in [-0.4, -0.2) is 46.2 Å². The van der Waals surface area contributed by atoms with Gasteiger partial charge in [-0.1, -0.05) is 19.3 Å². The summed E-state index contributed by atoms with van der Waals surface area (Å²) in [5.41, 5.74) is 0. The number of aliphatic hydroxyl groups is 1. The minimum absolute atomic E-state index is 0.0461. The van der Waals surface area contributed by atoms with E-state index in [0.717, 1.165) is 13.0 Å². The highest BCUT2D eigenvalue weighted by atomic mass is 32.2. The van der Waals surface area contributed by atoms with Crippen molar-refractivity contribution in [1.29, 1.82) is 0 Å². The van der Waals surface area contributed by atoms with Gasteiger partial charge in [0.15, 0.2) is 0 Å². The lowest BCUT2D eigenvalue weighted by Crippen LogP contribution is -2.46. The van der Waals surface area contributed by atoms with Crippen LogP contribution < -0.4 is 0 Å². The van der Waals surface area contributed by atoms with Crippen molar-refractivity contribution < 1.29 is 5.11 Å². The van der Waals surface area contributed by atoms with E-state index < -0.39 is 0 Å². The summed E-state index contributed by atoms with van der Waals surface area (Å²) >= 11 is 2.09. The highest BCUT2D eigenvalue weighted by Crippen LogP contribution is 2.31. The molecule has 2 atom stereocenters. The fourth-order valence-corrected chi connectivity index (χ4v) is 4.36. The van der Waals surface area contributed by atoms with E-state index in [1.165, 1.54) is 44.5 Å². The van der Waals surface area contributed by atoms with Crippen LogP contribution in [0.1, 0.15) is 46.0 Å². The van der Waals surface area contributed by atoms with Gasteiger partial charge in [-0.3, -0.25) is 0 Å². The van der Waals surface area contributed by atoms with Crippen molar-refractivity contribution in [3.63, 3.8) is 0 Å². The van der Waals surface area contributed by atoms with Gasteiger partial charge in [0.05, 0.1) is 6.10 Å². The molecule has 2 aliphatic rings. The first-order valence-corrected chi connectivity index (χ1v) is 8.10. The maximum absolute atomic E-state index is 10.2. The Hall–Kier alpha value is 0.270. The molecule has 0 amide bonds. The Bertz CT molecular complexity index is 244. The molecule has 3 heteroatoms. The van der Waals surface area contributed by atoms with Crippen LogP contribution in [0.4, 0.5) is 0 Å². The summed E-state index contributed by atoms with van der Waals surface area (Å²) in [5.74, 6) is 1.77. The molecule has 1 saturated heterocycles. The lowest BCUT2D eigenvalue weighted by molar-refractivity contribution is 0.0721. The molecule has 2 nitrogen and oxygen atoms in total. The molecule has 0 aromatic carbocycles. The van der Waals surface area contributed by atoms with Crippen molar-refractivity contribution in [2.45, 2.75) is 56.8 Å². The molecule has 0 radical (unpaired) electrons. The van der Waals surface area contributed by atoms with Gasteiger partial charge in [-0.25, -0.2) is 0 Å². The summed E-state index contributed by atoms with van der Waals surface area (Å²) in [4.78, 5) is 2.58. The van der Waals surface area contributed by atoms with Gasteiger partial charge in [0, 0.05) is 30.1 Å². The maximum Gasteiger partial charge on any atom is 0.0580 e. The molecule has 2 unspecified atom stereocenters. The molecule has 1 N–H and O–H groups in total. The molecular weight excluding hydrogens is 230 g/mol. The lowest BCUT2D eigenvalue weighted by Gasteiger charge is -2.39. The third kappa shape index (κ3) is 4.15. The topological polar surface area (TPSA) is 23.5 Å². The average molecular weight is 257 g/mol. The predicted molar refractivity (Wildman–Crippen MR) is 75.6 cm³/mol. The fourth-order valence-electron chi connectivity index (χ4n) is 3.18. The quantitative estimate of drug-likeness (QED) is 0.770. The molecule has 0 bridgehead atoms. The molecule has 1 heterocycles. The number of rotatable bonds is 2. The van der Waals surface area contributed by atoms with Crippen LogP contribution in [0.25, 0.3) is 0 Å². The molecule has 1 saturated carbocycles. The molecule has 2 fully saturated rings. The van der Waals surface area contributed by atoms with Gasteiger partial charge in [0.25, 0.3) is 0 Å². The van der Waals surface area contributed by atoms with Crippen molar-refractivity contribution in [2.75, 3.05) is 25.4 Å². The molecule has 17 heavy (non-hydrogen) atoms.